The molecule has 2 aromatic rings. The summed E-state index contributed by atoms with van der Waals surface area (Å²) in [4.78, 5) is 35.5. The molecule has 0 aliphatic heterocycles. The standard InChI is InChI=1S/C26H32N2O6/c1-26(2,3)34-24(31)27-14-7-6-13-22(23(29)30)28-25(32)33-16-18-10-8-12-20-19-11-5-4-9-17(19)15-21(18)20/h4-5,8-12,22H,6-7,13-16H2,1-3H3,(H,27,31)(H,28,32)(H,29,30)/t22-/m0/s1. The van der Waals surface area contributed by atoms with E-state index >= 15 is 0 Å². The van der Waals surface area contributed by atoms with Gasteiger partial charge in [-0.05, 0) is 74.3 Å². The second-order valence-corrected chi connectivity index (χ2v) is 9.31. The summed E-state index contributed by atoms with van der Waals surface area (Å²) in [6.07, 6.45) is 0.762. The minimum atomic E-state index is -1.13. The molecule has 3 N–H and O–H groups in total. The van der Waals surface area contributed by atoms with E-state index in [1.807, 2.05) is 24.3 Å². The molecule has 0 saturated heterocycles. The van der Waals surface area contributed by atoms with Crippen molar-refractivity contribution in [2.75, 3.05) is 6.54 Å². The molecule has 2 aromatic carbocycles. The van der Waals surface area contributed by atoms with Crippen molar-refractivity contribution in [3.63, 3.8) is 0 Å². The van der Waals surface area contributed by atoms with E-state index in [0.717, 1.165) is 23.1 Å². The number of carboxylic acid groups (broad SMARTS) is 1. The van der Waals surface area contributed by atoms with Crippen molar-refractivity contribution < 1.29 is 29.0 Å². The number of hydrogen-bond acceptors (Lipinski definition) is 5. The van der Waals surface area contributed by atoms with Crippen molar-refractivity contribution in [2.24, 2.45) is 0 Å². The molecule has 1 aliphatic rings. The third-order valence-electron chi connectivity index (χ3n) is 5.48. The summed E-state index contributed by atoms with van der Waals surface area (Å²) in [6.45, 7) is 5.75. The van der Waals surface area contributed by atoms with Crippen molar-refractivity contribution in [3.05, 3.63) is 59.2 Å². The highest BCUT2D eigenvalue weighted by Crippen LogP contribution is 2.38. The maximum absolute atomic E-state index is 12.3. The molecule has 3 rings (SSSR count). The highest BCUT2D eigenvalue weighted by molar-refractivity contribution is 5.80. The van der Waals surface area contributed by atoms with Gasteiger partial charge in [0, 0.05) is 6.54 Å². The lowest BCUT2D eigenvalue weighted by Crippen LogP contribution is -2.41. The molecule has 2 amide bonds. The number of unbranched alkanes of at least 4 members (excludes halogenated alkanes) is 1. The predicted octanol–water partition coefficient (Wildman–Crippen LogP) is 4.63. The molecule has 0 fully saturated rings. The molecular weight excluding hydrogens is 436 g/mol. The Morgan fingerprint density at radius 1 is 1.00 bits per heavy atom. The average Bonchev–Trinajstić information content (AvgIpc) is 3.14. The zero-order valence-corrected chi connectivity index (χ0v) is 19.8. The highest BCUT2D eigenvalue weighted by Gasteiger charge is 2.23. The summed E-state index contributed by atoms with van der Waals surface area (Å²) < 4.78 is 10.5. The first-order valence-electron chi connectivity index (χ1n) is 11.5. The molecule has 0 radical (unpaired) electrons. The van der Waals surface area contributed by atoms with Crippen LogP contribution in [-0.2, 0) is 27.3 Å². The number of carbonyl (C=O) groups excluding carboxylic acids is 2. The smallest absolute Gasteiger partial charge is 0.408 e. The third-order valence-corrected chi connectivity index (χ3v) is 5.48. The van der Waals surface area contributed by atoms with E-state index in [0.29, 0.717) is 19.4 Å². The van der Waals surface area contributed by atoms with Crippen LogP contribution in [0, 0.1) is 0 Å². The Hall–Kier alpha value is -3.55. The number of nitrogens with one attached hydrogen (secondary N) is 2. The van der Waals surface area contributed by atoms with Crippen LogP contribution in [0.4, 0.5) is 9.59 Å². The van der Waals surface area contributed by atoms with Crippen LogP contribution < -0.4 is 10.6 Å². The predicted molar refractivity (Wildman–Crippen MR) is 128 cm³/mol. The minimum Gasteiger partial charge on any atom is -0.480 e. The molecule has 0 bridgehead atoms. The second-order valence-electron chi connectivity index (χ2n) is 9.31. The first-order chi connectivity index (χ1) is 16.1. The van der Waals surface area contributed by atoms with Crippen LogP contribution in [0.25, 0.3) is 11.1 Å². The van der Waals surface area contributed by atoms with Gasteiger partial charge in [0.1, 0.15) is 18.2 Å². The van der Waals surface area contributed by atoms with E-state index in [2.05, 4.69) is 28.8 Å². The molecule has 34 heavy (non-hydrogen) atoms. The Labute approximate surface area is 199 Å². The fraction of sp³-hybridized carbons (Fsp3) is 0.423. The van der Waals surface area contributed by atoms with Crippen molar-refractivity contribution in [1.82, 2.24) is 10.6 Å². The lowest BCUT2D eigenvalue weighted by Gasteiger charge is -2.19. The zero-order chi connectivity index (χ0) is 24.7. The van der Waals surface area contributed by atoms with Gasteiger partial charge in [0.05, 0.1) is 0 Å². The second kappa shape index (κ2) is 11.0. The van der Waals surface area contributed by atoms with Gasteiger partial charge in [-0.3, -0.25) is 0 Å². The van der Waals surface area contributed by atoms with Crippen molar-refractivity contribution in [3.8, 4) is 11.1 Å². The van der Waals surface area contributed by atoms with Gasteiger partial charge in [0.2, 0.25) is 0 Å². The van der Waals surface area contributed by atoms with Crippen LogP contribution in [0.15, 0.2) is 42.5 Å². The van der Waals surface area contributed by atoms with Crippen molar-refractivity contribution >= 4 is 18.2 Å². The first-order valence-corrected chi connectivity index (χ1v) is 11.5. The number of carboxylic acids is 1. The number of carbonyl (C=O) groups is 3. The largest absolute Gasteiger partial charge is 0.480 e. The highest BCUT2D eigenvalue weighted by atomic mass is 16.6. The van der Waals surface area contributed by atoms with Gasteiger partial charge < -0.3 is 25.2 Å². The first kappa shape index (κ1) is 25.1. The van der Waals surface area contributed by atoms with Gasteiger partial charge in [-0.2, -0.15) is 0 Å². The molecule has 1 aliphatic carbocycles. The Kier molecular flexibility index (Phi) is 8.15. The summed E-state index contributed by atoms with van der Waals surface area (Å²) in [5.74, 6) is -1.13. The van der Waals surface area contributed by atoms with Gasteiger partial charge in [-0.15, -0.1) is 0 Å². The zero-order valence-electron chi connectivity index (χ0n) is 19.8. The average molecular weight is 469 g/mol. The summed E-state index contributed by atoms with van der Waals surface area (Å²) in [7, 11) is 0. The normalized spacial score (nSPS) is 12.8. The monoisotopic (exact) mass is 468 g/mol. The molecule has 0 heterocycles. The van der Waals surface area contributed by atoms with E-state index in [4.69, 9.17) is 9.47 Å². The van der Waals surface area contributed by atoms with Gasteiger partial charge in [-0.25, -0.2) is 14.4 Å². The molecule has 0 saturated carbocycles. The third kappa shape index (κ3) is 6.97. The van der Waals surface area contributed by atoms with Gasteiger partial charge in [-0.1, -0.05) is 42.5 Å². The molecule has 8 nitrogen and oxygen atoms in total. The van der Waals surface area contributed by atoms with Crippen LogP contribution in [0.1, 0.15) is 56.7 Å². The van der Waals surface area contributed by atoms with Crippen molar-refractivity contribution in [1.29, 1.82) is 0 Å². The van der Waals surface area contributed by atoms with Crippen LogP contribution in [0.5, 0.6) is 0 Å². The number of amides is 2. The van der Waals surface area contributed by atoms with Crippen LogP contribution in [0.2, 0.25) is 0 Å². The summed E-state index contributed by atoms with van der Waals surface area (Å²) in [5, 5.41) is 14.5. The number of ether oxygens (including phenoxy) is 2. The van der Waals surface area contributed by atoms with Crippen molar-refractivity contribution in [2.45, 2.75) is 64.7 Å². The Morgan fingerprint density at radius 2 is 1.74 bits per heavy atom. The number of rotatable bonds is 9. The lowest BCUT2D eigenvalue weighted by atomic mass is 10.0. The van der Waals surface area contributed by atoms with Gasteiger partial charge >= 0.3 is 18.2 Å². The van der Waals surface area contributed by atoms with Crippen LogP contribution in [-0.4, -0.2) is 41.4 Å². The molecule has 1 atom stereocenters. The fourth-order valence-corrected chi connectivity index (χ4v) is 3.92. The van der Waals surface area contributed by atoms with E-state index in [1.54, 1.807) is 20.8 Å². The van der Waals surface area contributed by atoms with Gasteiger partial charge in [0.25, 0.3) is 0 Å². The van der Waals surface area contributed by atoms with E-state index in [-0.39, 0.29) is 13.0 Å². The Morgan fingerprint density at radius 3 is 2.47 bits per heavy atom. The minimum absolute atomic E-state index is 0.0646. The molecule has 0 spiro atoms. The quantitative estimate of drug-likeness (QED) is 0.395. The lowest BCUT2D eigenvalue weighted by molar-refractivity contribution is -0.139. The topological polar surface area (TPSA) is 114 Å². The maximum atomic E-state index is 12.3. The summed E-state index contributed by atoms with van der Waals surface area (Å²) >= 11 is 0. The molecule has 0 aromatic heterocycles. The number of fused-ring (bicyclic) bond motifs is 3. The Balaban J connectivity index is 1.44. The number of hydrogen-bond donors (Lipinski definition) is 3. The van der Waals surface area contributed by atoms with Gasteiger partial charge in [0.15, 0.2) is 0 Å². The SMILES string of the molecule is CC(C)(C)OC(=O)NCCCC[C@H](NC(=O)OCc1cccc2c1Cc1ccccc1-2)C(=O)O. The number of benzene rings is 2. The summed E-state index contributed by atoms with van der Waals surface area (Å²) in [6, 6.07) is 13.0. The van der Waals surface area contributed by atoms with Crippen LogP contribution in [0.3, 0.4) is 0 Å². The maximum Gasteiger partial charge on any atom is 0.408 e. The van der Waals surface area contributed by atoms with E-state index in [9.17, 15) is 19.5 Å². The molecule has 0 unspecified atom stereocenters. The molecule has 8 heteroatoms. The molecule has 182 valence electrons. The fourth-order valence-electron chi connectivity index (χ4n) is 3.92. The number of alkyl carbamates (subject to hydrolysis) is 2. The van der Waals surface area contributed by atoms with E-state index < -0.39 is 29.8 Å². The number of aliphatic carboxylic acids is 1. The molecular formula is C26H32N2O6. The van der Waals surface area contributed by atoms with Crippen LogP contribution >= 0.6 is 0 Å². The Bertz CT molecular complexity index is 1040. The summed E-state index contributed by atoms with van der Waals surface area (Å²) in [5.41, 5.74) is 5.03. The van der Waals surface area contributed by atoms with E-state index in [1.165, 1.54) is 11.1 Å².